The van der Waals surface area contributed by atoms with Crippen LogP contribution < -0.4 is 10.1 Å². The summed E-state index contributed by atoms with van der Waals surface area (Å²) >= 11 is 3.27. The molecular formula is C14H10BrF2NO2. The lowest BCUT2D eigenvalue weighted by atomic mass is 10.3. The average molecular weight is 342 g/mol. The number of nitrogens with one attached hydrogen (secondary N) is 1. The molecule has 1 amide bonds. The molecule has 0 atom stereocenters. The van der Waals surface area contributed by atoms with Crippen LogP contribution in [0.4, 0.5) is 14.5 Å². The van der Waals surface area contributed by atoms with Crippen molar-refractivity contribution in [1.82, 2.24) is 0 Å². The van der Waals surface area contributed by atoms with Crippen molar-refractivity contribution < 1.29 is 18.3 Å². The standard InChI is InChI=1S/C14H10BrF2NO2/c15-9-2-1-3-13(4-9)20-8-14(19)18-12-6-10(16)5-11(17)7-12/h1-7H,8H2,(H,18,19). The first-order valence-electron chi connectivity index (χ1n) is 5.67. The monoisotopic (exact) mass is 341 g/mol. The van der Waals surface area contributed by atoms with E-state index in [4.69, 9.17) is 4.74 Å². The molecule has 0 saturated heterocycles. The zero-order valence-electron chi connectivity index (χ0n) is 10.2. The Morgan fingerprint density at radius 3 is 2.50 bits per heavy atom. The van der Waals surface area contributed by atoms with E-state index in [9.17, 15) is 13.6 Å². The molecule has 2 aromatic rings. The van der Waals surface area contributed by atoms with Gasteiger partial charge < -0.3 is 10.1 Å². The number of benzene rings is 2. The lowest BCUT2D eigenvalue weighted by Gasteiger charge is -2.08. The van der Waals surface area contributed by atoms with Crippen molar-refractivity contribution in [2.75, 3.05) is 11.9 Å². The second-order valence-electron chi connectivity index (χ2n) is 3.95. The van der Waals surface area contributed by atoms with Gasteiger partial charge in [0, 0.05) is 16.2 Å². The van der Waals surface area contributed by atoms with Crippen LogP contribution in [-0.2, 0) is 4.79 Å². The molecule has 0 aliphatic rings. The van der Waals surface area contributed by atoms with Gasteiger partial charge in [0.15, 0.2) is 6.61 Å². The summed E-state index contributed by atoms with van der Waals surface area (Å²) in [4.78, 5) is 11.6. The third-order valence-electron chi connectivity index (χ3n) is 2.31. The van der Waals surface area contributed by atoms with Crippen molar-refractivity contribution in [1.29, 1.82) is 0 Å². The first kappa shape index (κ1) is 14.5. The van der Waals surface area contributed by atoms with Crippen LogP contribution in [0.2, 0.25) is 0 Å². The Morgan fingerprint density at radius 1 is 1.15 bits per heavy atom. The van der Waals surface area contributed by atoms with Gasteiger partial charge >= 0.3 is 0 Å². The quantitative estimate of drug-likeness (QED) is 0.919. The van der Waals surface area contributed by atoms with Crippen molar-refractivity contribution in [2.24, 2.45) is 0 Å². The summed E-state index contributed by atoms with van der Waals surface area (Å²) in [6.45, 7) is -0.255. The highest BCUT2D eigenvalue weighted by atomic mass is 79.9. The Morgan fingerprint density at radius 2 is 1.85 bits per heavy atom. The number of anilines is 1. The summed E-state index contributed by atoms with van der Waals surface area (Å²) < 4.78 is 32.0. The fraction of sp³-hybridized carbons (Fsp3) is 0.0714. The number of carbonyl (C=O) groups is 1. The molecule has 0 bridgehead atoms. The summed E-state index contributed by atoms with van der Waals surface area (Å²) in [6, 6.07) is 9.77. The molecule has 1 N–H and O–H groups in total. The zero-order valence-corrected chi connectivity index (χ0v) is 11.8. The molecule has 0 aromatic heterocycles. The molecule has 0 fully saturated rings. The largest absolute Gasteiger partial charge is 0.484 e. The van der Waals surface area contributed by atoms with E-state index in [1.807, 2.05) is 6.07 Å². The highest BCUT2D eigenvalue weighted by Crippen LogP contribution is 2.18. The first-order chi connectivity index (χ1) is 9.52. The molecule has 0 heterocycles. The van der Waals surface area contributed by atoms with Gasteiger partial charge in [0.2, 0.25) is 0 Å². The lowest BCUT2D eigenvalue weighted by molar-refractivity contribution is -0.118. The number of halogens is 3. The van der Waals surface area contributed by atoms with E-state index in [1.54, 1.807) is 18.2 Å². The van der Waals surface area contributed by atoms with Gasteiger partial charge in [0.25, 0.3) is 5.91 Å². The van der Waals surface area contributed by atoms with Gasteiger partial charge in [-0.1, -0.05) is 22.0 Å². The number of rotatable bonds is 4. The summed E-state index contributed by atoms with van der Waals surface area (Å²) in [5, 5.41) is 2.35. The van der Waals surface area contributed by atoms with Crippen LogP contribution in [0.25, 0.3) is 0 Å². The van der Waals surface area contributed by atoms with Gasteiger partial charge in [-0.05, 0) is 30.3 Å². The van der Waals surface area contributed by atoms with E-state index in [0.29, 0.717) is 5.75 Å². The SMILES string of the molecule is O=C(COc1cccc(Br)c1)Nc1cc(F)cc(F)c1. The summed E-state index contributed by atoms with van der Waals surface area (Å²) in [5.74, 6) is -1.50. The first-order valence-corrected chi connectivity index (χ1v) is 6.46. The van der Waals surface area contributed by atoms with Crippen LogP contribution >= 0.6 is 15.9 Å². The smallest absolute Gasteiger partial charge is 0.262 e. The maximum Gasteiger partial charge on any atom is 0.262 e. The minimum Gasteiger partial charge on any atom is -0.484 e. The van der Waals surface area contributed by atoms with Crippen molar-refractivity contribution in [3.8, 4) is 5.75 Å². The third-order valence-corrected chi connectivity index (χ3v) is 2.81. The predicted octanol–water partition coefficient (Wildman–Crippen LogP) is 3.74. The highest BCUT2D eigenvalue weighted by molar-refractivity contribution is 9.10. The molecule has 6 heteroatoms. The lowest BCUT2D eigenvalue weighted by Crippen LogP contribution is -2.20. The van der Waals surface area contributed by atoms with E-state index in [2.05, 4.69) is 21.2 Å². The molecule has 3 nitrogen and oxygen atoms in total. The van der Waals surface area contributed by atoms with E-state index >= 15 is 0 Å². The maximum absolute atomic E-state index is 12.9. The molecule has 0 aliphatic heterocycles. The number of carbonyl (C=O) groups excluding carboxylic acids is 1. The highest BCUT2D eigenvalue weighted by Gasteiger charge is 2.06. The van der Waals surface area contributed by atoms with Crippen LogP contribution in [0, 0.1) is 11.6 Å². The Bertz CT molecular complexity index is 614. The number of hydrogen-bond donors (Lipinski definition) is 1. The fourth-order valence-corrected chi connectivity index (χ4v) is 1.91. The van der Waals surface area contributed by atoms with Crippen molar-refractivity contribution in [3.63, 3.8) is 0 Å². The summed E-state index contributed by atoms with van der Waals surface area (Å²) in [6.07, 6.45) is 0. The average Bonchev–Trinajstić information content (AvgIpc) is 2.35. The maximum atomic E-state index is 12.9. The Labute approximate surface area is 122 Å². The van der Waals surface area contributed by atoms with Crippen LogP contribution in [0.5, 0.6) is 5.75 Å². The number of ether oxygens (including phenoxy) is 1. The van der Waals surface area contributed by atoms with E-state index in [1.165, 1.54) is 0 Å². The normalized spacial score (nSPS) is 10.2. The van der Waals surface area contributed by atoms with Gasteiger partial charge in [-0.2, -0.15) is 0 Å². The molecule has 0 unspecified atom stereocenters. The van der Waals surface area contributed by atoms with Gasteiger partial charge in [-0.15, -0.1) is 0 Å². The summed E-state index contributed by atoms with van der Waals surface area (Å²) in [5.41, 5.74) is 0.0466. The molecular weight excluding hydrogens is 332 g/mol. The molecule has 0 spiro atoms. The van der Waals surface area contributed by atoms with Gasteiger partial charge in [-0.3, -0.25) is 4.79 Å². The van der Waals surface area contributed by atoms with Gasteiger partial charge in [0.1, 0.15) is 17.4 Å². The second kappa shape index (κ2) is 6.47. The Balaban J connectivity index is 1.92. The van der Waals surface area contributed by atoms with Crippen molar-refractivity contribution in [2.45, 2.75) is 0 Å². The second-order valence-corrected chi connectivity index (χ2v) is 4.87. The molecule has 0 radical (unpaired) electrons. The van der Waals surface area contributed by atoms with Crippen molar-refractivity contribution in [3.05, 3.63) is 58.6 Å². The Kier molecular flexibility index (Phi) is 4.68. The Hall–Kier alpha value is -1.95. The zero-order chi connectivity index (χ0) is 14.5. The van der Waals surface area contributed by atoms with Crippen molar-refractivity contribution >= 4 is 27.5 Å². The van der Waals surface area contributed by atoms with Crippen LogP contribution in [-0.4, -0.2) is 12.5 Å². The molecule has 0 aliphatic carbocycles. The minimum atomic E-state index is -0.756. The summed E-state index contributed by atoms with van der Waals surface area (Å²) in [7, 11) is 0. The third kappa shape index (κ3) is 4.31. The topological polar surface area (TPSA) is 38.3 Å². The van der Waals surface area contributed by atoms with E-state index < -0.39 is 17.5 Å². The number of hydrogen-bond acceptors (Lipinski definition) is 2. The van der Waals surface area contributed by atoms with E-state index in [0.717, 1.165) is 22.7 Å². The van der Waals surface area contributed by atoms with Gasteiger partial charge in [-0.25, -0.2) is 8.78 Å². The predicted molar refractivity (Wildman–Crippen MR) is 74.6 cm³/mol. The molecule has 2 rings (SSSR count). The molecule has 2 aromatic carbocycles. The van der Waals surface area contributed by atoms with Crippen LogP contribution in [0.1, 0.15) is 0 Å². The molecule has 20 heavy (non-hydrogen) atoms. The van der Waals surface area contributed by atoms with E-state index in [-0.39, 0.29) is 12.3 Å². The number of amides is 1. The van der Waals surface area contributed by atoms with Crippen LogP contribution in [0.3, 0.4) is 0 Å². The van der Waals surface area contributed by atoms with Gasteiger partial charge in [0.05, 0.1) is 0 Å². The molecule has 0 saturated carbocycles. The minimum absolute atomic E-state index is 0.0466. The molecule has 104 valence electrons. The fourth-order valence-electron chi connectivity index (χ4n) is 1.53. The van der Waals surface area contributed by atoms with Crippen LogP contribution in [0.15, 0.2) is 46.9 Å².